The van der Waals surface area contributed by atoms with Crippen LogP contribution in [0.25, 0.3) is 0 Å². The Labute approximate surface area is 121 Å². The topological polar surface area (TPSA) is 32.3 Å². The minimum atomic E-state index is -0.346. The number of aliphatic hydroxyl groups is 1. The van der Waals surface area contributed by atoms with Crippen LogP contribution in [0.4, 0.5) is 0 Å². The Bertz CT molecular complexity index is 339. The van der Waals surface area contributed by atoms with E-state index in [4.69, 9.17) is 0 Å². The first kappa shape index (κ1) is 15.0. The van der Waals surface area contributed by atoms with Gasteiger partial charge in [-0.25, -0.2) is 0 Å². The van der Waals surface area contributed by atoms with Gasteiger partial charge in [-0.3, -0.25) is 0 Å². The summed E-state index contributed by atoms with van der Waals surface area (Å²) in [6.45, 7) is 2.98. The zero-order valence-corrected chi connectivity index (χ0v) is 12.8. The summed E-state index contributed by atoms with van der Waals surface area (Å²) < 4.78 is 0. The second-order valence-electron chi connectivity index (χ2n) is 5.84. The van der Waals surface area contributed by atoms with Crippen molar-refractivity contribution in [2.75, 3.05) is 6.54 Å². The molecule has 0 amide bonds. The minimum absolute atomic E-state index is 0.346. The highest BCUT2D eigenvalue weighted by molar-refractivity contribution is 7.07. The zero-order valence-electron chi connectivity index (χ0n) is 12.0. The van der Waals surface area contributed by atoms with Crippen LogP contribution in [0.1, 0.15) is 63.5 Å². The van der Waals surface area contributed by atoms with Crippen molar-refractivity contribution in [3.05, 3.63) is 22.4 Å². The maximum Gasteiger partial charge on any atom is 0.0922 e. The van der Waals surface area contributed by atoms with Crippen LogP contribution in [0, 0.1) is 5.92 Å². The fraction of sp³-hybridized carbons (Fsp3) is 0.750. The lowest BCUT2D eigenvalue weighted by Gasteiger charge is -2.19. The molecule has 19 heavy (non-hydrogen) atoms. The Balaban J connectivity index is 1.71. The van der Waals surface area contributed by atoms with Crippen molar-refractivity contribution in [2.45, 2.75) is 64.0 Å². The Morgan fingerprint density at radius 3 is 3.00 bits per heavy atom. The molecule has 0 aromatic carbocycles. The summed E-state index contributed by atoms with van der Waals surface area (Å²) in [4.78, 5) is 0. The second kappa shape index (κ2) is 8.03. The second-order valence-corrected chi connectivity index (χ2v) is 6.62. The van der Waals surface area contributed by atoms with E-state index < -0.39 is 0 Å². The molecule has 1 aromatic rings. The molecular weight excluding hydrogens is 254 g/mol. The lowest BCUT2D eigenvalue weighted by atomic mass is 9.95. The lowest BCUT2D eigenvalue weighted by molar-refractivity contribution is 0.168. The summed E-state index contributed by atoms with van der Waals surface area (Å²) in [6, 6.07) is 2.62. The normalized spacial score (nSPS) is 26.0. The van der Waals surface area contributed by atoms with E-state index in [1.54, 1.807) is 11.3 Å². The van der Waals surface area contributed by atoms with Gasteiger partial charge in [0.25, 0.3) is 0 Å². The molecule has 0 radical (unpaired) electrons. The highest BCUT2D eigenvalue weighted by atomic mass is 32.1. The molecule has 2 nitrogen and oxygen atoms in total. The first-order valence-corrected chi connectivity index (χ1v) is 8.67. The number of aliphatic hydroxyl groups excluding tert-OH is 1. The molecule has 108 valence electrons. The Kier molecular flexibility index (Phi) is 6.35. The molecular formula is C16H27NOS. The van der Waals surface area contributed by atoms with Gasteiger partial charge in [0.05, 0.1) is 6.10 Å². The summed E-state index contributed by atoms with van der Waals surface area (Å²) in [7, 11) is 0. The van der Waals surface area contributed by atoms with Gasteiger partial charge in [0.2, 0.25) is 0 Å². The van der Waals surface area contributed by atoms with Crippen molar-refractivity contribution >= 4 is 11.3 Å². The van der Waals surface area contributed by atoms with Crippen LogP contribution in [-0.2, 0) is 0 Å². The molecule has 0 spiro atoms. The van der Waals surface area contributed by atoms with Crippen LogP contribution >= 0.6 is 11.3 Å². The Morgan fingerprint density at radius 2 is 2.26 bits per heavy atom. The van der Waals surface area contributed by atoms with E-state index >= 15 is 0 Å². The van der Waals surface area contributed by atoms with Crippen LogP contribution in [0.15, 0.2) is 16.8 Å². The zero-order chi connectivity index (χ0) is 13.5. The maximum atomic E-state index is 10.1. The molecule has 1 saturated carbocycles. The minimum Gasteiger partial charge on any atom is -0.387 e. The summed E-state index contributed by atoms with van der Waals surface area (Å²) in [6.07, 6.45) is 9.03. The van der Waals surface area contributed by atoms with Crippen molar-refractivity contribution in [3.8, 4) is 0 Å². The number of hydrogen-bond donors (Lipinski definition) is 2. The van der Waals surface area contributed by atoms with Crippen molar-refractivity contribution in [2.24, 2.45) is 5.92 Å². The molecule has 0 saturated heterocycles. The predicted molar refractivity (Wildman–Crippen MR) is 82.6 cm³/mol. The van der Waals surface area contributed by atoms with Gasteiger partial charge < -0.3 is 10.4 Å². The van der Waals surface area contributed by atoms with Crippen molar-refractivity contribution in [1.29, 1.82) is 0 Å². The van der Waals surface area contributed by atoms with Gasteiger partial charge in [0.15, 0.2) is 0 Å². The van der Waals surface area contributed by atoms with Gasteiger partial charge in [0, 0.05) is 12.6 Å². The quantitative estimate of drug-likeness (QED) is 0.769. The summed E-state index contributed by atoms with van der Waals surface area (Å²) in [5, 5.41) is 17.7. The molecule has 0 aliphatic heterocycles. The van der Waals surface area contributed by atoms with Crippen LogP contribution in [0.2, 0.25) is 0 Å². The fourth-order valence-corrected chi connectivity index (χ4v) is 3.85. The fourth-order valence-electron chi connectivity index (χ4n) is 3.14. The largest absolute Gasteiger partial charge is 0.387 e. The third-order valence-corrected chi connectivity index (χ3v) is 5.01. The monoisotopic (exact) mass is 281 g/mol. The van der Waals surface area contributed by atoms with Gasteiger partial charge in [0.1, 0.15) is 0 Å². The molecule has 1 aromatic heterocycles. The first-order chi connectivity index (χ1) is 9.29. The van der Waals surface area contributed by atoms with E-state index in [2.05, 4.69) is 12.2 Å². The Morgan fingerprint density at radius 1 is 1.37 bits per heavy atom. The molecule has 3 heteroatoms. The van der Waals surface area contributed by atoms with E-state index in [9.17, 15) is 5.11 Å². The van der Waals surface area contributed by atoms with Gasteiger partial charge >= 0.3 is 0 Å². The smallest absolute Gasteiger partial charge is 0.0922 e. The SMILES string of the molecule is CCCC1CCCC(NCC(O)c2ccsc2)CC1. The van der Waals surface area contributed by atoms with Crippen LogP contribution < -0.4 is 5.32 Å². The summed E-state index contributed by atoms with van der Waals surface area (Å²) in [5.74, 6) is 0.943. The first-order valence-electron chi connectivity index (χ1n) is 7.73. The van der Waals surface area contributed by atoms with Gasteiger partial charge in [-0.05, 0) is 47.6 Å². The molecule has 3 unspecified atom stereocenters. The number of rotatable bonds is 6. The van der Waals surface area contributed by atoms with Crippen molar-refractivity contribution in [1.82, 2.24) is 5.32 Å². The van der Waals surface area contributed by atoms with Crippen LogP contribution in [-0.4, -0.2) is 17.7 Å². The third-order valence-electron chi connectivity index (χ3n) is 4.31. The number of hydrogen-bond acceptors (Lipinski definition) is 3. The van der Waals surface area contributed by atoms with E-state index in [0.29, 0.717) is 12.6 Å². The maximum absolute atomic E-state index is 10.1. The highest BCUT2D eigenvalue weighted by Gasteiger charge is 2.19. The number of thiophene rings is 1. The summed E-state index contributed by atoms with van der Waals surface area (Å²) >= 11 is 1.65. The molecule has 2 rings (SSSR count). The molecule has 1 heterocycles. The van der Waals surface area contributed by atoms with Crippen LogP contribution in [0.5, 0.6) is 0 Å². The predicted octanol–water partition coefficient (Wildman–Crippen LogP) is 4.12. The molecule has 1 fully saturated rings. The van der Waals surface area contributed by atoms with E-state index in [1.807, 2.05) is 16.8 Å². The Hall–Kier alpha value is -0.380. The molecule has 2 N–H and O–H groups in total. The van der Waals surface area contributed by atoms with Crippen molar-refractivity contribution in [3.63, 3.8) is 0 Å². The van der Waals surface area contributed by atoms with E-state index in [1.165, 1.54) is 44.9 Å². The molecule has 3 atom stereocenters. The van der Waals surface area contributed by atoms with E-state index in [-0.39, 0.29) is 6.10 Å². The molecule has 0 bridgehead atoms. The molecule has 1 aliphatic carbocycles. The highest BCUT2D eigenvalue weighted by Crippen LogP contribution is 2.27. The third kappa shape index (κ3) is 4.90. The average molecular weight is 281 g/mol. The molecule has 1 aliphatic rings. The van der Waals surface area contributed by atoms with Crippen LogP contribution in [0.3, 0.4) is 0 Å². The standard InChI is InChI=1S/C16H27NOS/c1-2-4-13-5-3-6-15(8-7-13)17-11-16(18)14-9-10-19-12-14/h9-10,12-13,15-18H,2-8,11H2,1H3. The average Bonchev–Trinajstić information content (AvgIpc) is 2.86. The van der Waals surface area contributed by atoms with Gasteiger partial charge in [-0.15, -0.1) is 0 Å². The van der Waals surface area contributed by atoms with Gasteiger partial charge in [-0.1, -0.05) is 32.6 Å². The van der Waals surface area contributed by atoms with E-state index in [0.717, 1.165) is 11.5 Å². The van der Waals surface area contributed by atoms with Gasteiger partial charge in [-0.2, -0.15) is 11.3 Å². The van der Waals surface area contributed by atoms with Crippen molar-refractivity contribution < 1.29 is 5.11 Å². The lowest BCUT2D eigenvalue weighted by Crippen LogP contribution is -2.32. The number of nitrogens with one attached hydrogen (secondary N) is 1. The summed E-state index contributed by atoms with van der Waals surface area (Å²) in [5.41, 5.74) is 1.05.